The van der Waals surface area contributed by atoms with Gasteiger partial charge in [0.05, 0.1) is 26.0 Å². The first-order valence-corrected chi connectivity index (χ1v) is 11.4. The standard InChI is InChI=1S/C21H19BrCl2N2O3S/c1-4-28-17-9-13(10-18-20(27)26(3)21(25-2)30-18)7-14(22)19(17)29-11-12-5-6-15(23)16(24)8-12/h5-10H,4,11H2,1-3H3/b18-10+,25-21?. The zero-order valence-electron chi connectivity index (χ0n) is 16.5. The molecule has 0 spiro atoms. The molecule has 1 aliphatic rings. The highest BCUT2D eigenvalue weighted by atomic mass is 79.9. The molecule has 0 aliphatic carbocycles. The van der Waals surface area contributed by atoms with Crippen molar-refractivity contribution < 1.29 is 14.3 Å². The molecule has 1 fully saturated rings. The van der Waals surface area contributed by atoms with Gasteiger partial charge in [-0.3, -0.25) is 14.7 Å². The van der Waals surface area contributed by atoms with Crippen molar-refractivity contribution in [3.8, 4) is 11.5 Å². The summed E-state index contributed by atoms with van der Waals surface area (Å²) in [4.78, 5) is 18.7. The molecule has 0 unspecified atom stereocenters. The average Bonchev–Trinajstić information content (AvgIpc) is 2.98. The Balaban J connectivity index is 1.88. The number of carbonyl (C=O) groups is 1. The number of nitrogens with zero attached hydrogens (tertiary/aromatic N) is 2. The highest BCUT2D eigenvalue weighted by Crippen LogP contribution is 2.39. The monoisotopic (exact) mass is 528 g/mol. The zero-order valence-corrected chi connectivity index (χ0v) is 20.5. The normalized spacial score (nSPS) is 16.6. The molecule has 1 amide bonds. The Morgan fingerprint density at radius 2 is 1.97 bits per heavy atom. The Hall–Kier alpha value is -1.67. The van der Waals surface area contributed by atoms with Gasteiger partial charge in [0.25, 0.3) is 5.91 Å². The van der Waals surface area contributed by atoms with Crippen molar-refractivity contribution in [3.63, 3.8) is 0 Å². The largest absolute Gasteiger partial charge is 0.490 e. The van der Waals surface area contributed by atoms with Crippen LogP contribution in [0.5, 0.6) is 11.5 Å². The number of likely N-dealkylation sites (N-methyl/N-ethyl adjacent to an activating group) is 1. The van der Waals surface area contributed by atoms with Crippen LogP contribution in [-0.2, 0) is 11.4 Å². The lowest BCUT2D eigenvalue weighted by Crippen LogP contribution is -2.23. The van der Waals surface area contributed by atoms with Gasteiger partial charge in [0.15, 0.2) is 16.7 Å². The molecular formula is C21H19BrCl2N2O3S. The third-order valence-corrected chi connectivity index (χ3v) is 6.67. The summed E-state index contributed by atoms with van der Waals surface area (Å²) in [5.41, 5.74) is 1.70. The van der Waals surface area contributed by atoms with Gasteiger partial charge in [-0.15, -0.1) is 0 Å². The Morgan fingerprint density at radius 3 is 2.60 bits per heavy atom. The maximum absolute atomic E-state index is 12.4. The molecule has 0 radical (unpaired) electrons. The molecule has 1 aliphatic heterocycles. The molecular weight excluding hydrogens is 511 g/mol. The van der Waals surface area contributed by atoms with Crippen molar-refractivity contribution in [1.29, 1.82) is 0 Å². The summed E-state index contributed by atoms with van der Waals surface area (Å²) in [7, 11) is 3.37. The van der Waals surface area contributed by atoms with Gasteiger partial charge in [0.2, 0.25) is 0 Å². The maximum atomic E-state index is 12.4. The van der Waals surface area contributed by atoms with Crippen molar-refractivity contribution in [1.82, 2.24) is 4.90 Å². The summed E-state index contributed by atoms with van der Waals surface area (Å²) in [6.07, 6.45) is 1.82. The number of amides is 1. The smallest absolute Gasteiger partial charge is 0.266 e. The van der Waals surface area contributed by atoms with Gasteiger partial charge in [-0.05, 0) is 76.1 Å². The van der Waals surface area contributed by atoms with Crippen LogP contribution in [0.15, 0.2) is 44.7 Å². The quantitative estimate of drug-likeness (QED) is 0.414. The molecule has 1 saturated heterocycles. The number of rotatable bonds is 6. The summed E-state index contributed by atoms with van der Waals surface area (Å²) < 4.78 is 12.5. The molecule has 1 heterocycles. The van der Waals surface area contributed by atoms with E-state index in [4.69, 9.17) is 32.7 Å². The van der Waals surface area contributed by atoms with Crippen LogP contribution in [0.25, 0.3) is 6.08 Å². The molecule has 9 heteroatoms. The SMILES string of the molecule is CCOc1cc(/C=C2/SC(=NC)N(C)C2=O)cc(Br)c1OCc1ccc(Cl)c(Cl)c1. The first-order valence-electron chi connectivity index (χ1n) is 9.01. The van der Waals surface area contributed by atoms with E-state index < -0.39 is 0 Å². The first-order chi connectivity index (χ1) is 14.3. The van der Waals surface area contributed by atoms with E-state index in [1.54, 1.807) is 26.2 Å². The van der Waals surface area contributed by atoms with Crippen LogP contribution < -0.4 is 9.47 Å². The van der Waals surface area contributed by atoms with Crippen LogP contribution in [-0.4, -0.2) is 36.7 Å². The van der Waals surface area contributed by atoms with Gasteiger partial charge in [-0.2, -0.15) is 0 Å². The molecule has 3 rings (SSSR count). The van der Waals surface area contributed by atoms with E-state index in [0.717, 1.165) is 11.1 Å². The second kappa shape index (κ2) is 10.1. The summed E-state index contributed by atoms with van der Waals surface area (Å²) in [5, 5.41) is 1.63. The lowest BCUT2D eigenvalue weighted by atomic mass is 10.1. The minimum atomic E-state index is -0.0883. The fourth-order valence-electron chi connectivity index (χ4n) is 2.76. The molecule has 0 saturated carbocycles. The van der Waals surface area contributed by atoms with E-state index in [1.165, 1.54) is 16.7 Å². The minimum absolute atomic E-state index is 0.0883. The first kappa shape index (κ1) is 23.0. The van der Waals surface area contributed by atoms with Crippen LogP contribution in [0.1, 0.15) is 18.1 Å². The molecule has 0 atom stereocenters. The number of hydrogen-bond donors (Lipinski definition) is 0. The van der Waals surface area contributed by atoms with Gasteiger partial charge in [0.1, 0.15) is 6.61 Å². The molecule has 30 heavy (non-hydrogen) atoms. The number of carbonyl (C=O) groups excluding carboxylic acids is 1. The van der Waals surface area contributed by atoms with Crippen molar-refractivity contribution >= 4 is 68.0 Å². The predicted molar refractivity (Wildman–Crippen MR) is 128 cm³/mol. The third-order valence-electron chi connectivity index (χ3n) is 4.19. The molecule has 158 valence electrons. The lowest BCUT2D eigenvalue weighted by Gasteiger charge is -2.15. The van der Waals surface area contributed by atoms with Gasteiger partial charge in [-0.1, -0.05) is 29.3 Å². The van der Waals surface area contributed by atoms with Crippen LogP contribution in [0.3, 0.4) is 0 Å². The van der Waals surface area contributed by atoms with E-state index in [9.17, 15) is 4.79 Å². The number of halogens is 3. The minimum Gasteiger partial charge on any atom is -0.490 e. The summed E-state index contributed by atoms with van der Waals surface area (Å²) in [5.74, 6) is 1.06. The fraction of sp³-hybridized carbons (Fsp3) is 0.238. The van der Waals surface area contributed by atoms with E-state index in [0.29, 0.717) is 49.3 Å². The zero-order chi connectivity index (χ0) is 21.8. The van der Waals surface area contributed by atoms with Crippen LogP contribution in [0.2, 0.25) is 10.0 Å². The van der Waals surface area contributed by atoms with E-state index in [2.05, 4.69) is 20.9 Å². The molecule has 2 aromatic rings. The van der Waals surface area contributed by atoms with Gasteiger partial charge < -0.3 is 9.47 Å². The highest BCUT2D eigenvalue weighted by molar-refractivity contribution is 9.10. The second-order valence-corrected chi connectivity index (χ2v) is 8.96. The summed E-state index contributed by atoms with van der Waals surface area (Å²) in [6.45, 7) is 2.67. The topological polar surface area (TPSA) is 51.1 Å². The summed E-state index contributed by atoms with van der Waals surface area (Å²) in [6, 6.07) is 9.09. The molecule has 5 nitrogen and oxygen atoms in total. The van der Waals surface area contributed by atoms with Crippen molar-refractivity contribution in [3.05, 3.63) is 60.9 Å². The number of thioether (sulfide) groups is 1. The summed E-state index contributed by atoms with van der Waals surface area (Å²) >= 11 is 17.0. The molecule has 0 N–H and O–H groups in total. The predicted octanol–water partition coefficient (Wildman–Crippen LogP) is 6.27. The number of amidine groups is 1. The van der Waals surface area contributed by atoms with Crippen LogP contribution in [0, 0.1) is 0 Å². The third kappa shape index (κ3) is 5.14. The number of hydrogen-bond acceptors (Lipinski definition) is 5. The molecule has 2 aromatic carbocycles. The number of ether oxygens (including phenoxy) is 2. The molecule has 0 aromatic heterocycles. The average molecular weight is 530 g/mol. The van der Waals surface area contributed by atoms with Crippen molar-refractivity contribution in [2.45, 2.75) is 13.5 Å². The maximum Gasteiger partial charge on any atom is 0.266 e. The van der Waals surface area contributed by atoms with Crippen molar-refractivity contribution in [2.75, 3.05) is 20.7 Å². The Bertz CT molecular complexity index is 1040. The van der Waals surface area contributed by atoms with Gasteiger partial charge >= 0.3 is 0 Å². The van der Waals surface area contributed by atoms with Crippen LogP contribution in [0.4, 0.5) is 0 Å². The van der Waals surface area contributed by atoms with E-state index in [1.807, 2.05) is 31.2 Å². The molecule has 0 bridgehead atoms. The fourth-order valence-corrected chi connectivity index (χ4v) is 4.58. The van der Waals surface area contributed by atoms with E-state index in [-0.39, 0.29) is 5.91 Å². The van der Waals surface area contributed by atoms with E-state index >= 15 is 0 Å². The second-order valence-electron chi connectivity index (χ2n) is 6.28. The number of benzene rings is 2. The lowest BCUT2D eigenvalue weighted by molar-refractivity contribution is -0.121. The Morgan fingerprint density at radius 1 is 1.20 bits per heavy atom. The van der Waals surface area contributed by atoms with Gasteiger partial charge in [0, 0.05) is 14.1 Å². The number of aliphatic imine (C=N–C) groups is 1. The Labute approximate surface area is 198 Å². The highest BCUT2D eigenvalue weighted by Gasteiger charge is 2.29. The van der Waals surface area contributed by atoms with Crippen molar-refractivity contribution in [2.24, 2.45) is 4.99 Å². The Kier molecular flexibility index (Phi) is 7.74. The van der Waals surface area contributed by atoms with Crippen LogP contribution >= 0.6 is 50.9 Å². The van der Waals surface area contributed by atoms with Gasteiger partial charge in [-0.25, -0.2) is 0 Å².